The predicted molar refractivity (Wildman–Crippen MR) is 108 cm³/mol. The molecule has 1 fully saturated rings. The lowest BCUT2D eigenvalue weighted by Crippen LogP contribution is -2.19. The quantitative estimate of drug-likeness (QED) is 0.462. The number of phenolic OH excluding ortho intramolecular Hbond substituents is 1. The van der Waals surface area contributed by atoms with Gasteiger partial charge in [0, 0.05) is 23.1 Å². The zero-order valence-electron chi connectivity index (χ0n) is 14.7. The number of fused-ring (bicyclic) bond motifs is 1. The number of aromatic amines is 1. The molecule has 142 valence electrons. The summed E-state index contributed by atoms with van der Waals surface area (Å²) in [4.78, 5) is 15.2. The summed E-state index contributed by atoms with van der Waals surface area (Å²) in [6.45, 7) is 0. The van der Waals surface area contributed by atoms with Crippen molar-refractivity contribution in [3.05, 3.63) is 53.7 Å². The van der Waals surface area contributed by atoms with Crippen molar-refractivity contribution in [2.75, 3.05) is 11.5 Å². The average molecular weight is 386 g/mol. The maximum Gasteiger partial charge on any atom is 0.250 e. The minimum Gasteiger partial charge on any atom is -0.508 e. The van der Waals surface area contributed by atoms with E-state index in [0.717, 1.165) is 22.1 Å². The summed E-state index contributed by atoms with van der Waals surface area (Å²) in [5.41, 5.74) is 9.36. The van der Waals surface area contributed by atoms with Crippen LogP contribution < -0.4 is 5.73 Å². The molecule has 1 aromatic heterocycles. The third kappa shape index (κ3) is 3.41. The van der Waals surface area contributed by atoms with Crippen LogP contribution in [-0.2, 0) is 0 Å². The monoisotopic (exact) mass is 386 g/mol. The van der Waals surface area contributed by atoms with Gasteiger partial charge in [-0.2, -0.15) is 10.6 Å². The normalized spacial score (nSPS) is 18.4. The standard InChI is InChI=1S/C20H22N2O4S/c21-20(24)17-10-14(13-2-1-3-15(23)8-13)9-16-18(11-22-19(16)17)12-4-6-27(25,26)7-5-12/h1-3,8-12,22-23,25-26H,4-7H2,(H2,21,24). The Kier molecular flexibility index (Phi) is 4.38. The predicted octanol–water partition coefficient (Wildman–Crippen LogP) is 4.27. The van der Waals surface area contributed by atoms with Crippen LogP contribution in [0.2, 0.25) is 0 Å². The fourth-order valence-electron chi connectivity index (χ4n) is 3.86. The van der Waals surface area contributed by atoms with Crippen LogP contribution in [0, 0.1) is 0 Å². The molecule has 1 saturated heterocycles. The van der Waals surface area contributed by atoms with E-state index in [-0.39, 0.29) is 11.7 Å². The van der Waals surface area contributed by atoms with Crippen molar-refractivity contribution >= 4 is 27.4 Å². The van der Waals surface area contributed by atoms with E-state index in [9.17, 15) is 19.0 Å². The highest BCUT2D eigenvalue weighted by Crippen LogP contribution is 2.49. The van der Waals surface area contributed by atoms with Gasteiger partial charge in [0.05, 0.1) is 11.1 Å². The molecule has 2 aromatic carbocycles. The highest BCUT2D eigenvalue weighted by atomic mass is 32.3. The van der Waals surface area contributed by atoms with Crippen LogP contribution in [0.5, 0.6) is 5.75 Å². The van der Waals surface area contributed by atoms with E-state index < -0.39 is 16.5 Å². The van der Waals surface area contributed by atoms with Gasteiger partial charge in [-0.15, -0.1) is 0 Å². The molecule has 2 heterocycles. The van der Waals surface area contributed by atoms with Crippen molar-refractivity contribution in [1.29, 1.82) is 0 Å². The Morgan fingerprint density at radius 3 is 2.52 bits per heavy atom. The van der Waals surface area contributed by atoms with Gasteiger partial charge in [0.2, 0.25) is 0 Å². The molecule has 0 bridgehead atoms. The first-order valence-electron chi connectivity index (χ1n) is 8.82. The van der Waals surface area contributed by atoms with E-state index in [1.807, 2.05) is 18.3 Å². The van der Waals surface area contributed by atoms with Crippen molar-refractivity contribution < 1.29 is 19.0 Å². The number of H-pyrrole nitrogens is 1. The van der Waals surface area contributed by atoms with E-state index in [0.29, 0.717) is 35.4 Å². The number of aromatic nitrogens is 1. The molecule has 7 heteroatoms. The Bertz CT molecular complexity index is 1020. The Balaban J connectivity index is 1.84. The van der Waals surface area contributed by atoms with Gasteiger partial charge >= 0.3 is 0 Å². The van der Waals surface area contributed by atoms with Gasteiger partial charge in [-0.25, -0.2) is 0 Å². The molecule has 3 aromatic rings. The van der Waals surface area contributed by atoms with E-state index in [1.54, 1.807) is 24.3 Å². The van der Waals surface area contributed by atoms with Gasteiger partial charge in [-0.05, 0) is 59.7 Å². The molecule has 4 rings (SSSR count). The first-order chi connectivity index (χ1) is 12.8. The average Bonchev–Trinajstić information content (AvgIpc) is 3.04. The molecular weight excluding hydrogens is 364 g/mol. The molecular formula is C20H22N2O4S. The molecule has 0 aliphatic carbocycles. The lowest BCUT2D eigenvalue weighted by Gasteiger charge is -2.39. The molecule has 1 aliphatic rings. The number of aromatic hydroxyl groups is 1. The number of benzene rings is 2. The topological polar surface area (TPSA) is 120 Å². The summed E-state index contributed by atoms with van der Waals surface area (Å²) in [7, 11) is -2.45. The molecule has 0 radical (unpaired) electrons. The number of carbonyl (C=O) groups excluding carboxylic acids is 1. The van der Waals surface area contributed by atoms with E-state index in [2.05, 4.69) is 4.98 Å². The van der Waals surface area contributed by atoms with Crippen molar-refractivity contribution in [3.8, 4) is 16.9 Å². The maximum absolute atomic E-state index is 12.0. The Morgan fingerprint density at radius 2 is 1.85 bits per heavy atom. The lowest BCUT2D eigenvalue weighted by atomic mass is 9.91. The number of hydrogen-bond donors (Lipinski definition) is 5. The molecule has 0 spiro atoms. The molecule has 0 saturated carbocycles. The molecule has 0 unspecified atom stereocenters. The fourth-order valence-corrected chi connectivity index (χ4v) is 5.38. The Morgan fingerprint density at radius 1 is 1.11 bits per heavy atom. The highest BCUT2D eigenvalue weighted by Gasteiger charge is 2.27. The third-order valence-corrected chi connectivity index (χ3v) is 7.07. The minimum atomic E-state index is -2.45. The summed E-state index contributed by atoms with van der Waals surface area (Å²) in [6.07, 6.45) is 3.28. The van der Waals surface area contributed by atoms with Crippen LogP contribution in [0.4, 0.5) is 0 Å². The summed E-state index contributed by atoms with van der Waals surface area (Å²) < 4.78 is 19.8. The first kappa shape index (κ1) is 17.9. The fraction of sp³-hybridized carbons (Fsp3) is 0.250. The number of carbonyl (C=O) groups is 1. The second-order valence-electron chi connectivity index (χ2n) is 7.09. The van der Waals surface area contributed by atoms with Crippen molar-refractivity contribution in [1.82, 2.24) is 4.98 Å². The summed E-state index contributed by atoms with van der Waals surface area (Å²) in [6, 6.07) is 10.6. The summed E-state index contributed by atoms with van der Waals surface area (Å²) in [5.74, 6) is 0.630. The maximum atomic E-state index is 12.0. The van der Waals surface area contributed by atoms with Gasteiger partial charge in [-0.3, -0.25) is 13.9 Å². The van der Waals surface area contributed by atoms with E-state index in [1.165, 1.54) is 0 Å². The number of primary amides is 1. The SMILES string of the molecule is NC(=O)c1cc(-c2cccc(O)c2)cc2c(C3CCS(O)(O)CC3)c[nH]c12. The first-order valence-corrected chi connectivity index (χ1v) is 10.7. The van der Waals surface area contributed by atoms with Gasteiger partial charge < -0.3 is 15.8 Å². The van der Waals surface area contributed by atoms with E-state index in [4.69, 9.17) is 5.73 Å². The second kappa shape index (κ2) is 6.60. The molecule has 27 heavy (non-hydrogen) atoms. The molecule has 1 aliphatic heterocycles. The number of hydrogen-bond acceptors (Lipinski definition) is 4. The molecule has 0 atom stereocenters. The number of phenols is 1. The Hall–Kier alpha value is -2.48. The van der Waals surface area contributed by atoms with Crippen LogP contribution in [0.25, 0.3) is 22.0 Å². The largest absolute Gasteiger partial charge is 0.508 e. The van der Waals surface area contributed by atoms with Gasteiger partial charge in [0.15, 0.2) is 0 Å². The van der Waals surface area contributed by atoms with Crippen LogP contribution in [0.15, 0.2) is 42.6 Å². The van der Waals surface area contributed by atoms with Crippen molar-refractivity contribution in [2.45, 2.75) is 18.8 Å². The number of rotatable bonds is 3. The molecule has 6 nitrogen and oxygen atoms in total. The summed E-state index contributed by atoms with van der Waals surface area (Å²) >= 11 is 0. The molecule has 1 amide bonds. The Labute approximate surface area is 158 Å². The number of amides is 1. The zero-order valence-corrected chi connectivity index (χ0v) is 15.5. The van der Waals surface area contributed by atoms with Crippen molar-refractivity contribution in [2.24, 2.45) is 5.73 Å². The van der Waals surface area contributed by atoms with Crippen LogP contribution in [-0.4, -0.2) is 36.6 Å². The number of nitrogens with two attached hydrogens (primary N) is 1. The van der Waals surface area contributed by atoms with Gasteiger partial charge in [-0.1, -0.05) is 12.1 Å². The minimum absolute atomic E-state index is 0.153. The number of nitrogens with one attached hydrogen (secondary N) is 1. The van der Waals surface area contributed by atoms with Crippen LogP contribution in [0.1, 0.15) is 34.7 Å². The van der Waals surface area contributed by atoms with Crippen LogP contribution in [0.3, 0.4) is 0 Å². The van der Waals surface area contributed by atoms with E-state index >= 15 is 0 Å². The second-order valence-corrected chi connectivity index (χ2v) is 9.51. The van der Waals surface area contributed by atoms with Crippen LogP contribution >= 0.6 is 10.6 Å². The smallest absolute Gasteiger partial charge is 0.250 e. The van der Waals surface area contributed by atoms with Gasteiger partial charge in [0.1, 0.15) is 5.75 Å². The lowest BCUT2D eigenvalue weighted by molar-refractivity contribution is 0.100. The van der Waals surface area contributed by atoms with Gasteiger partial charge in [0.25, 0.3) is 5.91 Å². The third-order valence-electron chi connectivity index (χ3n) is 5.29. The molecule has 6 N–H and O–H groups in total. The van der Waals surface area contributed by atoms with Crippen molar-refractivity contribution in [3.63, 3.8) is 0 Å². The highest BCUT2D eigenvalue weighted by molar-refractivity contribution is 8.24. The zero-order chi connectivity index (χ0) is 19.2. The summed E-state index contributed by atoms with van der Waals surface area (Å²) in [5, 5.41) is 10.7.